The van der Waals surface area contributed by atoms with E-state index in [9.17, 15) is 29.4 Å². The normalized spacial score (nSPS) is 15.9. The number of aliphatic hydroxyl groups is 2. The van der Waals surface area contributed by atoms with Crippen LogP contribution in [-0.2, 0) is 26.2 Å². The standard InChI is InChI=1S/C26H26BClN8O4.C5H7NO2.C4H9NO/c1-34-21-10-17(3-2-15(21)12-30-34)31-16-6-8-35(9-7-16)25-29-13-19(28)24(33-25)32-18-4-5-20-22(11-18)40-14-23(37)36(20)26(27,38)39;7-4-2-1-3-5(8)6-4;1-3-4(6)5-2/h2-5,10-13,16,31,38-39H,6-9,14H2,1H3,(H,29,32,33);1-3H2,(H,6,7,8);3H2,1-2H3,(H,5,6). The van der Waals surface area contributed by atoms with Crippen molar-refractivity contribution in [3.63, 3.8) is 0 Å². The minimum atomic E-state index is -2.86. The third-order valence-corrected chi connectivity index (χ3v) is 8.99. The fourth-order valence-corrected chi connectivity index (χ4v) is 6.02. The average molecular weight is 761 g/mol. The van der Waals surface area contributed by atoms with Crippen LogP contribution in [0.5, 0.6) is 5.75 Å². The van der Waals surface area contributed by atoms with E-state index in [2.05, 4.69) is 59.4 Å². The molecule has 2 radical (unpaired) electrons. The van der Waals surface area contributed by atoms with Crippen LogP contribution in [0, 0.1) is 0 Å². The molecular weight excluding hydrogens is 719 g/mol. The highest BCUT2D eigenvalue weighted by Gasteiger charge is 2.37. The number of carbonyl (C=O) groups is 4. The number of aromatic nitrogens is 4. The molecule has 7 rings (SSSR count). The molecule has 2 saturated heterocycles. The van der Waals surface area contributed by atoms with E-state index < -0.39 is 18.3 Å². The second kappa shape index (κ2) is 17.6. The van der Waals surface area contributed by atoms with Crippen LogP contribution in [0.4, 0.5) is 28.8 Å². The Bertz CT molecular complexity index is 1980. The van der Waals surface area contributed by atoms with E-state index in [1.54, 1.807) is 25.4 Å². The second-order valence-corrected chi connectivity index (χ2v) is 13.1. The van der Waals surface area contributed by atoms with Gasteiger partial charge in [-0.25, -0.2) is 4.98 Å². The monoisotopic (exact) mass is 760 g/mol. The van der Waals surface area contributed by atoms with E-state index >= 15 is 0 Å². The second-order valence-electron chi connectivity index (χ2n) is 12.7. The number of ether oxygens (including phenoxy) is 1. The molecule has 0 unspecified atom stereocenters. The van der Waals surface area contributed by atoms with Crippen molar-refractivity contribution in [1.29, 1.82) is 0 Å². The first-order valence-corrected chi connectivity index (χ1v) is 17.7. The van der Waals surface area contributed by atoms with Crippen molar-refractivity contribution in [2.75, 3.05) is 47.2 Å². The fraction of sp³-hybridized carbons (Fsp3) is 0.400. The van der Waals surface area contributed by atoms with Gasteiger partial charge in [-0.15, -0.1) is 0 Å². The largest absolute Gasteiger partial charge is 0.481 e. The molecule has 0 atom stereocenters. The lowest BCUT2D eigenvalue weighted by atomic mass is 10.0. The van der Waals surface area contributed by atoms with Crippen LogP contribution in [0.1, 0.15) is 45.4 Å². The van der Waals surface area contributed by atoms with Crippen molar-refractivity contribution in [2.45, 2.75) is 57.3 Å². The number of nitrogens with zero attached hydrogens (tertiary/aromatic N) is 6. The molecular formula is C35H42BClN10O7. The zero-order valence-corrected chi connectivity index (χ0v) is 30.9. The molecule has 6 N–H and O–H groups in total. The summed E-state index contributed by atoms with van der Waals surface area (Å²) in [5.74, 6) is -2.52. The molecule has 17 nitrogen and oxygen atoms in total. The number of imide groups is 1. The van der Waals surface area contributed by atoms with Gasteiger partial charge in [-0.2, -0.15) is 10.1 Å². The number of benzene rings is 2. The minimum Gasteiger partial charge on any atom is -0.481 e. The van der Waals surface area contributed by atoms with E-state index in [1.807, 2.05) is 24.9 Å². The van der Waals surface area contributed by atoms with Crippen molar-refractivity contribution in [3.8, 4) is 5.75 Å². The number of fused-ring (bicyclic) bond motifs is 2. The number of anilines is 5. The Labute approximate surface area is 317 Å². The summed E-state index contributed by atoms with van der Waals surface area (Å²) in [4.78, 5) is 54.7. The zero-order chi connectivity index (χ0) is 39.0. The predicted octanol–water partition coefficient (Wildman–Crippen LogP) is 2.29. The molecule has 284 valence electrons. The fourth-order valence-electron chi connectivity index (χ4n) is 5.89. The van der Waals surface area contributed by atoms with Crippen LogP contribution >= 0.6 is 11.6 Å². The Morgan fingerprint density at radius 1 is 1.07 bits per heavy atom. The molecule has 0 spiro atoms. The highest BCUT2D eigenvalue weighted by atomic mass is 35.5. The van der Waals surface area contributed by atoms with Crippen molar-refractivity contribution in [3.05, 3.63) is 53.8 Å². The third-order valence-electron chi connectivity index (χ3n) is 8.71. The van der Waals surface area contributed by atoms with Gasteiger partial charge >= 0.3 is 0 Å². The molecule has 5 heterocycles. The number of amides is 4. The summed E-state index contributed by atoms with van der Waals surface area (Å²) in [6.45, 7) is 2.97. The molecule has 2 aromatic carbocycles. The Hall–Kier alpha value is -5.46. The van der Waals surface area contributed by atoms with Crippen LogP contribution in [0.25, 0.3) is 10.9 Å². The van der Waals surface area contributed by atoms with E-state index in [0.29, 0.717) is 59.1 Å². The summed E-state index contributed by atoms with van der Waals surface area (Å²) in [5, 5.41) is 36.8. The molecule has 0 aliphatic carbocycles. The lowest BCUT2D eigenvalue weighted by Gasteiger charge is -2.37. The quantitative estimate of drug-likeness (QED) is 0.0907. The highest BCUT2D eigenvalue weighted by Crippen LogP contribution is 2.38. The SMILES string of the molecule is CCC(=O)NC.O=C1CCCC(=O)N1.[B]C(O)(O)N1C(=O)COc2cc(Nc3nc(N4CCC(Nc5ccc6cnn(C)c6c5)CC4)ncc3Cl)ccc21. The van der Waals surface area contributed by atoms with Gasteiger partial charge in [0.1, 0.15) is 10.8 Å². The maximum Gasteiger partial charge on any atom is 0.268 e. The van der Waals surface area contributed by atoms with Crippen LogP contribution in [-0.4, -0.2) is 100 Å². The van der Waals surface area contributed by atoms with E-state index in [4.69, 9.17) is 24.2 Å². The van der Waals surface area contributed by atoms with Crippen molar-refractivity contribution in [2.24, 2.45) is 7.05 Å². The first-order valence-electron chi connectivity index (χ1n) is 17.3. The van der Waals surface area contributed by atoms with Crippen molar-refractivity contribution in [1.82, 2.24) is 30.4 Å². The van der Waals surface area contributed by atoms with Gasteiger partial charge in [0.2, 0.25) is 23.7 Å². The maximum atomic E-state index is 12.1. The lowest BCUT2D eigenvalue weighted by Crippen LogP contribution is -2.56. The molecule has 19 heteroatoms. The molecule has 0 saturated carbocycles. The van der Waals surface area contributed by atoms with Gasteiger partial charge in [0, 0.05) is 75.3 Å². The molecule has 4 amide bonds. The van der Waals surface area contributed by atoms with Gasteiger partial charge in [0.05, 0.1) is 23.6 Å². The first-order chi connectivity index (χ1) is 25.7. The number of nitrogens with one attached hydrogen (secondary N) is 4. The highest BCUT2D eigenvalue weighted by molar-refractivity contribution is 6.33. The first kappa shape index (κ1) is 39.7. The number of rotatable bonds is 7. The number of carbonyl (C=O) groups excluding carboxylic acids is 4. The van der Waals surface area contributed by atoms with Crippen LogP contribution in [0.2, 0.25) is 5.02 Å². The number of aryl methyl sites for hydroxylation is 1. The molecule has 54 heavy (non-hydrogen) atoms. The van der Waals surface area contributed by atoms with Gasteiger partial charge in [0.15, 0.2) is 26.1 Å². The average Bonchev–Trinajstić information content (AvgIpc) is 3.51. The van der Waals surface area contributed by atoms with Crippen LogP contribution in [0.15, 0.2) is 48.8 Å². The van der Waals surface area contributed by atoms with Gasteiger partial charge in [-0.1, -0.05) is 18.5 Å². The summed E-state index contributed by atoms with van der Waals surface area (Å²) in [6.07, 6.45) is 7.54. The summed E-state index contributed by atoms with van der Waals surface area (Å²) in [7, 11) is 8.92. The molecule has 3 aliphatic rings. The minimum absolute atomic E-state index is 0.0926. The molecule has 3 aliphatic heterocycles. The number of hydrogen-bond donors (Lipinski definition) is 6. The number of hydrogen-bond acceptors (Lipinski definition) is 13. The van der Waals surface area contributed by atoms with E-state index in [0.717, 1.165) is 42.5 Å². The zero-order valence-electron chi connectivity index (χ0n) is 30.1. The number of piperidine rings is 2. The third kappa shape index (κ3) is 10.1. The predicted molar refractivity (Wildman–Crippen MR) is 204 cm³/mol. The molecule has 2 aromatic heterocycles. The lowest BCUT2D eigenvalue weighted by molar-refractivity contribution is -0.137. The Morgan fingerprint density at radius 3 is 2.39 bits per heavy atom. The van der Waals surface area contributed by atoms with Crippen LogP contribution in [0.3, 0.4) is 0 Å². The Kier molecular flexibility index (Phi) is 12.9. The number of halogens is 1. The van der Waals surface area contributed by atoms with E-state index in [-0.39, 0.29) is 29.2 Å². The summed E-state index contributed by atoms with van der Waals surface area (Å²) in [6, 6.07) is 11.3. The van der Waals surface area contributed by atoms with E-state index in [1.165, 1.54) is 6.07 Å². The van der Waals surface area contributed by atoms with Gasteiger partial charge in [0.25, 0.3) is 5.91 Å². The maximum absolute atomic E-state index is 12.1. The molecule has 4 aromatic rings. The summed E-state index contributed by atoms with van der Waals surface area (Å²) >= 11 is 6.40. The van der Waals surface area contributed by atoms with Crippen LogP contribution < -0.4 is 35.8 Å². The summed E-state index contributed by atoms with van der Waals surface area (Å²) < 4.78 is 7.34. The summed E-state index contributed by atoms with van der Waals surface area (Å²) in [5.41, 5.74) is 2.84. The topological polar surface area (TPSA) is 216 Å². The Balaban J connectivity index is 0.000000338. The van der Waals surface area contributed by atoms with Crippen molar-refractivity contribution < 1.29 is 34.1 Å². The van der Waals surface area contributed by atoms with Crippen molar-refractivity contribution >= 4 is 82.8 Å². The molecule has 2 fully saturated rings. The van der Waals surface area contributed by atoms with Gasteiger partial charge < -0.3 is 35.8 Å². The molecule has 0 bridgehead atoms. The van der Waals surface area contributed by atoms with Gasteiger partial charge in [-0.3, -0.25) is 34.1 Å². The smallest absolute Gasteiger partial charge is 0.268 e. The Morgan fingerprint density at radius 2 is 1.78 bits per heavy atom. The van der Waals surface area contributed by atoms with Gasteiger partial charge in [-0.05, 0) is 49.6 Å².